The third kappa shape index (κ3) is 5.32. The van der Waals surface area contributed by atoms with E-state index in [2.05, 4.69) is 36.6 Å². The number of methoxy groups -OCH3 is 1. The highest BCUT2D eigenvalue weighted by atomic mass is 79.9. The Morgan fingerprint density at radius 3 is 2.68 bits per heavy atom. The Balaban J connectivity index is 2.92. The fraction of sp³-hybridized carbons (Fsp3) is 0.455. The van der Waals surface area contributed by atoms with Crippen molar-refractivity contribution < 1.29 is 13.2 Å². The largest absolute Gasteiger partial charge is 0.383 e. The molecule has 8 heteroatoms. The number of hydrogen-bond donors (Lipinski definition) is 1. The zero-order valence-corrected chi connectivity index (χ0v) is 14.9. The van der Waals surface area contributed by atoms with Gasteiger partial charge in [-0.2, -0.15) is 0 Å². The summed E-state index contributed by atoms with van der Waals surface area (Å²) in [4.78, 5) is 0.166. The third-order valence-electron chi connectivity index (χ3n) is 2.35. The molecule has 1 unspecified atom stereocenters. The molecule has 0 saturated heterocycles. The predicted octanol–water partition coefficient (Wildman–Crippen LogP) is 3.18. The molecule has 1 atom stereocenters. The van der Waals surface area contributed by atoms with E-state index in [1.54, 1.807) is 0 Å². The van der Waals surface area contributed by atoms with Crippen molar-refractivity contribution in [2.75, 3.05) is 19.0 Å². The van der Waals surface area contributed by atoms with Gasteiger partial charge in [-0.3, -0.25) is 0 Å². The molecule has 4 nitrogen and oxygen atoms in total. The van der Waals surface area contributed by atoms with Crippen molar-refractivity contribution in [3.63, 3.8) is 0 Å². The second kappa shape index (κ2) is 7.95. The van der Waals surface area contributed by atoms with Gasteiger partial charge in [0.1, 0.15) is 0 Å². The number of alkyl halides is 1. The lowest BCUT2D eigenvalue weighted by molar-refractivity contribution is 0.173. The van der Waals surface area contributed by atoms with Crippen molar-refractivity contribution in [3.8, 4) is 0 Å². The second-order valence-corrected chi connectivity index (χ2v) is 7.60. The van der Waals surface area contributed by atoms with Crippen molar-refractivity contribution in [1.82, 2.24) is 4.72 Å². The van der Waals surface area contributed by atoms with E-state index < -0.39 is 10.0 Å². The lowest BCUT2D eigenvalue weighted by Crippen LogP contribution is -2.38. The van der Waals surface area contributed by atoms with E-state index in [1.165, 1.54) is 25.3 Å². The van der Waals surface area contributed by atoms with Crippen LogP contribution < -0.4 is 4.72 Å². The highest BCUT2D eigenvalue weighted by molar-refractivity contribution is 9.10. The fourth-order valence-corrected chi connectivity index (χ4v) is 3.92. The Bertz CT molecular complexity index is 519. The second-order valence-electron chi connectivity index (χ2n) is 3.83. The molecule has 0 bridgehead atoms. The van der Waals surface area contributed by atoms with Crippen molar-refractivity contribution >= 4 is 53.5 Å². The van der Waals surface area contributed by atoms with E-state index in [0.717, 1.165) is 0 Å². The van der Waals surface area contributed by atoms with Gasteiger partial charge in [-0.25, -0.2) is 13.1 Å². The summed E-state index contributed by atoms with van der Waals surface area (Å²) in [5.74, 6) is 0. The van der Waals surface area contributed by atoms with Crippen molar-refractivity contribution in [2.24, 2.45) is 0 Å². The van der Waals surface area contributed by atoms with Crippen LogP contribution in [0.2, 0.25) is 5.02 Å². The average Bonchev–Trinajstić information content (AvgIpc) is 2.32. The van der Waals surface area contributed by atoms with Crippen LogP contribution in [0, 0.1) is 0 Å². The van der Waals surface area contributed by atoms with E-state index in [-0.39, 0.29) is 10.9 Å². The standard InChI is InChI=1S/C11H14Br2ClNO3S/c1-18-7-8(4-5-12)15-19(16,17)9-2-3-11(14)10(13)6-9/h2-3,6,8,15H,4-5,7H2,1H3. The molecule has 0 aliphatic rings. The molecule has 0 aliphatic heterocycles. The zero-order valence-electron chi connectivity index (χ0n) is 10.2. The molecule has 0 heterocycles. The Hall–Kier alpha value is 0.340. The van der Waals surface area contributed by atoms with Crippen LogP contribution in [0.5, 0.6) is 0 Å². The van der Waals surface area contributed by atoms with Crippen LogP contribution in [0.3, 0.4) is 0 Å². The Labute approximate surface area is 135 Å². The molecule has 1 N–H and O–H groups in total. The topological polar surface area (TPSA) is 55.4 Å². The molecule has 1 aromatic rings. The molecular weight excluding hydrogens is 421 g/mol. The van der Waals surface area contributed by atoms with Crippen LogP contribution in [-0.2, 0) is 14.8 Å². The minimum atomic E-state index is -3.58. The van der Waals surface area contributed by atoms with Gasteiger partial charge in [-0.1, -0.05) is 27.5 Å². The molecule has 108 valence electrons. The summed E-state index contributed by atoms with van der Waals surface area (Å²) >= 11 is 12.3. The fourth-order valence-electron chi connectivity index (χ4n) is 1.44. The molecular formula is C11H14Br2ClNO3S. The lowest BCUT2D eigenvalue weighted by atomic mass is 10.3. The molecule has 0 fully saturated rings. The minimum Gasteiger partial charge on any atom is -0.383 e. The third-order valence-corrected chi connectivity index (χ3v) is 5.54. The van der Waals surface area contributed by atoms with Crippen LogP contribution in [0.15, 0.2) is 27.6 Å². The van der Waals surface area contributed by atoms with Crippen LogP contribution in [-0.4, -0.2) is 33.5 Å². The van der Waals surface area contributed by atoms with Crippen molar-refractivity contribution in [1.29, 1.82) is 0 Å². The first kappa shape index (κ1) is 17.4. The van der Waals surface area contributed by atoms with E-state index >= 15 is 0 Å². The number of ether oxygens (including phenoxy) is 1. The van der Waals surface area contributed by atoms with E-state index in [9.17, 15) is 8.42 Å². The molecule has 0 saturated carbocycles. The van der Waals surface area contributed by atoms with Crippen LogP contribution in [0.4, 0.5) is 0 Å². The average molecular weight is 436 g/mol. The summed E-state index contributed by atoms with van der Waals surface area (Å²) < 4.78 is 32.6. The van der Waals surface area contributed by atoms with E-state index in [1.807, 2.05) is 0 Å². The lowest BCUT2D eigenvalue weighted by Gasteiger charge is -2.17. The Morgan fingerprint density at radius 1 is 1.47 bits per heavy atom. The summed E-state index contributed by atoms with van der Waals surface area (Å²) in [6.07, 6.45) is 0.641. The molecule has 0 spiro atoms. The molecule has 0 amide bonds. The summed E-state index contributed by atoms with van der Waals surface area (Å²) in [5.41, 5.74) is 0. The number of halogens is 3. The van der Waals surface area contributed by atoms with Gasteiger partial charge >= 0.3 is 0 Å². The number of sulfonamides is 1. The van der Waals surface area contributed by atoms with Gasteiger partial charge < -0.3 is 4.74 Å². The predicted molar refractivity (Wildman–Crippen MR) is 83.5 cm³/mol. The van der Waals surface area contributed by atoms with Gasteiger partial charge in [-0.05, 0) is 40.5 Å². The summed E-state index contributed by atoms with van der Waals surface area (Å²) in [5, 5.41) is 1.15. The minimum absolute atomic E-state index is 0.166. The first-order chi connectivity index (χ1) is 8.90. The van der Waals surface area contributed by atoms with Gasteiger partial charge in [-0.15, -0.1) is 0 Å². The molecule has 1 aromatic carbocycles. The maximum absolute atomic E-state index is 12.2. The van der Waals surface area contributed by atoms with E-state index in [4.69, 9.17) is 16.3 Å². The maximum Gasteiger partial charge on any atom is 0.240 e. The van der Waals surface area contributed by atoms with Crippen LogP contribution in [0.1, 0.15) is 6.42 Å². The summed E-state index contributed by atoms with van der Waals surface area (Å²) in [6.45, 7) is 0.319. The zero-order chi connectivity index (χ0) is 14.5. The number of nitrogens with one attached hydrogen (secondary N) is 1. The van der Waals surface area contributed by atoms with Gasteiger partial charge in [0.05, 0.1) is 16.5 Å². The van der Waals surface area contributed by atoms with Gasteiger partial charge in [0.15, 0.2) is 0 Å². The number of rotatable bonds is 7. The van der Waals surface area contributed by atoms with Crippen LogP contribution >= 0.6 is 43.5 Å². The molecule has 19 heavy (non-hydrogen) atoms. The molecule has 1 rings (SSSR count). The normalized spacial score (nSPS) is 13.5. The smallest absolute Gasteiger partial charge is 0.240 e. The van der Waals surface area contributed by atoms with Crippen LogP contribution in [0.25, 0.3) is 0 Å². The Kier molecular flexibility index (Phi) is 7.28. The van der Waals surface area contributed by atoms with E-state index in [0.29, 0.717) is 27.9 Å². The maximum atomic E-state index is 12.2. The number of benzene rings is 1. The van der Waals surface area contributed by atoms with Gasteiger partial charge in [0.25, 0.3) is 0 Å². The van der Waals surface area contributed by atoms with Crippen molar-refractivity contribution in [2.45, 2.75) is 17.4 Å². The summed E-state index contributed by atoms with van der Waals surface area (Å²) in [6, 6.07) is 4.20. The van der Waals surface area contributed by atoms with Gasteiger partial charge in [0.2, 0.25) is 10.0 Å². The molecule has 0 aromatic heterocycles. The highest BCUT2D eigenvalue weighted by Crippen LogP contribution is 2.25. The van der Waals surface area contributed by atoms with Gasteiger partial charge in [0, 0.05) is 23.0 Å². The number of hydrogen-bond acceptors (Lipinski definition) is 3. The summed E-state index contributed by atoms with van der Waals surface area (Å²) in [7, 11) is -2.05. The first-order valence-electron chi connectivity index (χ1n) is 5.43. The SMILES string of the molecule is COCC(CCBr)NS(=O)(=O)c1ccc(Cl)c(Br)c1. The molecule has 0 radical (unpaired) electrons. The molecule has 0 aliphatic carbocycles. The monoisotopic (exact) mass is 433 g/mol. The quantitative estimate of drug-likeness (QED) is 0.670. The van der Waals surface area contributed by atoms with Crippen molar-refractivity contribution in [3.05, 3.63) is 27.7 Å². The highest BCUT2D eigenvalue weighted by Gasteiger charge is 2.20. The first-order valence-corrected chi connectivity index (χ1v) is 9.20. The Morgan fingerprint density at radius 2 is 2.16 bits per heavy atom.